The first-order valence-corrected chi connectivity index (χ1v) is 6.09. The molecule has 0 spiro atoms. The summed E-state index contributed by atoms with van der Waals surface area (Å²) in [7, 11) is 1.66. The Morgan fingerprint density at radius 2 is 2.21 bits per heavy atom. The molecule has 19 heavy (non-hydrogen) atoms. The molecule has 0 radical (unpaired) electrons. The van der Waals surface area contributed by atoms with Crippen molar-refractivity contribution in [3.63, 3.8) is 0 Å². The molecule has 5 heteroatoms. The molecule has 2 aromatic rings. The summed E-state index contributed by atoms with van der Waals surface area (Å²) >= 11 is 0. The lowest BCUT2D eigenvalue weighted by atomic mass is 10.1. The maximum absolute atomic E-state index is 5.24. The Morgan fingerprint density at radius 1 is 1.26 bits per heavy atom. The van der Waals surface area contributed by atoms with Crippen LogP contribution in [0.3, 0.4) is 0 Å². The molecule has 0 saturated carbocycles. The van der Waals surface area contributed by atoms with E-state index in [1.54, 1.807) is 13.3 Å². The fourth-order valence-corrected chi connectivity index (χ4v) is 2.13. The molecule has 3 rings (SSSR count). The van der Waals surface area contributed by atoms with Crippen LogP contribution in [0.5, 0.6) is 5.75 Å². The Balaban J connectivity index is 1.92. The van der Waals surface area contributed by atoms with Crippen molar-refractivity contribution in [2.24, 2.45) is 10.3 Å². The van der Waals surface area contributed by atoms with Gasteiger partial charge in [0.1, 0.15) is 11.8 Å². The molecule has 5 nitrogen and oxygen atoms in total. The second-order valence-corrected chi connectivity index (χ2v) is 4.26. The highest BCUT2D eigenvalue weighted by atomic mass is 16.5. The lowest BCUT2D eigenvalue weighted by Gasteiger charge is -2.22. The van der Waals surface area contributed by atoms with E-state index in [4.69, 9.17) is 4.74 Å². The van der Waals surface area contributed by atoms with Gasteiger partial charge in [0.15, 0.2) is 0 Å². The lowest BCUT2D eigenvalue weighted by molar-refractivity contribution is 0.414. The summed E-state index contributed by atoms with van der Waals surface area (Å²) in [6, 6.07) is 11.9. The quantitative estimate of drug-likeness (QED) is 0.846. The molecule has 1 unspecified atom stereocenters. The number of pyridine rings is 1. The number of aromatic nitrogens is 1. The van der Waals surface area contributed by atoms with Gasteiger partial charge in [-0.25, -0.2) is 5.01 Å². The first-order chi connectivity index (χ1) is 9.38. The zero-order valence-electron chi connectivity index (χ0n) is 10.6. The van der Waals surface area contributed by atoms with Gasteiger partial charge in [0, 0.05) is 18.5 Å². The van der Waals surface area contributed by atoms with Crippen LogP contribution >= 0.6 is 0 Å². The summed E-state index contributed by atoms with van der Waals surface area (Å²) < 4.78 is 5.24. The van der Waals surface area contributed by atoms with E-state index in [-0.39, 0.29) is 6.04 Å². The van der Waals surface area contributed by atoms with Crippen molar-refractivity contribution in [1.82, 2.24) is 4.98 Å². The highest BCUT2D eigenvalue weighted by molar-refractivity contribution is 5.52. The van der Waals surface area contributed by atoms with Crippen LogP contribution in [0.4, 0.5) is 5.69 Å². The van der Waals surface area contributed by atoms with Gasteiger partial charge in [-0.1, -0.05) is 17.4 Å². The number of hydrogen-bond donors (Lipinski definition) is 0. The Labute approximate surface area is 111 Å². The minimum Gasteiger partial charge on any atom is -0.497 e. The predicted octanol–water partition coefficient (Wildman–Crippen LogP) is 3.02. The summed E-state index contributed by atoms with van der Waals surface area (Å²) in [5.74, 6) is 0.810. The zero-order valence-corrected chi connectivity index (χ0v) is 10.6. The van der Waals surface area contributed by atoms with Gasteiger partial charge >= 0.3 is 0 Å². The van der Waals surface area contributed by atoms with Crippen molar-refractivity contribution in [1.29, 1.82) is 0 Å². The molecule has 96 valence electrons. The van der Waals surface area contributed by atoms with E-state index >= 15 is 0 Å². The molecule has 0 aliphatic carbocycles. The molecule has 0 saturated heterocycles. The molecule has 1 aliphatic heterocycles. The largest absolute Gasteiger partial charge is 0.497 e. The summed E-state index contributed by atoms with van der Waals surface area (Å²) in [4.78, 5) is 4.16. The molecule has 0 fully saturated rings. The summed E-state index contributed by atoms with van der Waals surface area (Å²) in [5, 5.41) is 10.3. The molecule has 0 N–H and O–H groups in total. The maximum atomic E-state index is 5.24. The van der Waals surface area contributed by atoms with Crippen LogP contribution < -0.4 is 9.75 Å². The van der Waals surface area contributed by atoms with E-state index in [0.29, 0.717) is 6.54 Å². The summed E-state index contributed by atoms with van der Waals surface area (Å²) in [6.45, 7) is 0.642. The average Bonchev–Trinajstić information content (AvgIpc) is 2.98. The minimum absolute atomic E-state index is 0.0980. The molecule has 1 aromatic heterocycles. The van der Waals surface area contributed by atoms with Gasteiger partial charge in [-0.3, -0.25) is 4.98 Å². The first-order valence-electron chi connectivity index (χ1n) is 6.09. The maximum Gasteiger partial charge on any atom is 0.120 e. The second-order valence-electron chi connectivity index (χ2n) is 4.26. The topological polar surface area (TPSA) is 50.1 Å². The standard InChI is InChI=1S/C14H14N4O/c1-19-13-6-2-5-12(8-13)18-14(10-16-17-18)11-4-3-7-15-9-11/h2-9,14H,10H2,1H3. The summed E-state index contributed by atoms with van der Waals surface area (Å²) in [5.41, 5.74) is 2.07. The number of ether oxygens (including phenoxy) is 1. The molecule has 1 atom stereocenters. The van der Waals surface area contributed by atoms with E-state index < -0.39 is 0 Å². The van der Waals surface area contributed by atoms with E-state index in [9.17, 15) is 0 Å². The number of hydrogen-bond acceptors (Lipinski definition) is 5. The lowest BCUT2D eigenvalue weighted by Crippen LogP contribution is -2.20. The van der Waals surface area contributed by atoms with Crippen molar-refractivity contribution in [3.05, 3.63) is 54.4 Å². The molecular formula is C14H14N4O. The highest BCUT2D eigenvalue weighted by Gasteiger charge is 2.25. The number of nitrogens with zero attached hydrogens (tertiary/aromatic N) is 4. The van der Waals surface area contributed by atoms with Gasteiger partial charge in [0.25, 0.3) is 0 Å². The SMILES string of the molecule is COc1cccc(N2N=NCC2c2cccnc2)c1. The van der Waals surface area contributed by atoms with Crippen LogP contribution in [0, 0.1) is 0 Å². The van der Waals surface area contributed by atoms with Gasteiger partial charge in [-0.15, -0.1) is 0 Å². The van der Waals surface area contributed by atoms with Gasteiger partial charge in [-0.2, -0.15) is 5.11 Å². The number of rotatable bonds is 3. The van der Waals surface area contributed by atoms with Crippen LogP contribution in [-0.4, -0.2) is 18.6 Å². The fourth-order valence-electron chi connectivity index (χ4n) is 2.13. The van der Waals surface area contributed by atoms with E-state index in [2.05, 4.69) is 15.3 Å². The normalized spacial score (nSPS) is 17.7. The van der Waals surface area contributed by atoms with E-state index in [0.717, 1.165) is 17.0 Å². The number of methoxy groups -OCH3 is 1. The smallest absolute Gasteiger partial charge is 0.120 e. The third-order valence-corrected chi connectivity index (χ3v) is 3.10. The molecule has 0 bridgehead atoms. The first kappa shape index (κ1) is 11.6. The van der Waals surface area contributed by atoms with Gasteiger partial charge in [-0.05, 0) is 23.8 Å². The van der Waals surface area contributed by atoms with Gasteiger partial charge in [0.05, 0.1) is 19.3 Å². The van der Waals surface area contributed by atoms with Crippen LogP contribution in [0.25, 0.3) is 0 Å². The monoisotopic (exact) mass is 254 g/mol. The van der Waals surface area contributed by atoms with Crippen molar-refractivity contribution >= 4 is 5.69 Å². The summed E-state index contributed by atoms with van der Waals surface area (Å²) in [6.07, 6.45) is 3.62. The van der Waals surface area contributed by atoms with Crippen LogP contribution in [0.2, 0.25) is 0 Å². The Kier molecular flexibility index (Phi) is 3.10. The molecule has 1 aliphatic rings. The highest BCUT2D eigenvalue weighted by Crippen LogP contribution is 2.33. The van der Waals surface area contributed by atoms with Crippen molar-refractivity contribution < 1.29 is 4.74 Å². The van der Waals surface area contributed by atoms with Crippen LogP contribution in [0.15, 0.2) is 59.1 Å². The molecule has 2 heterocycles. The predicted molar refractivity (Wildman–Crippen MR) is 72.2 cm³/mol. The van der Waals surface area contributed by atoms with Crippen molar-refractivity contribution in [2.45, 2.75) is 6.04 Å². The van der Waals surface area contributed by atoms with E-state index in [1.807, 2.05) is 47.6 Å². The number of benzene rings is 1. The third kappa shape index (κ3) is 2.27. The van der Waals surface area contributed by atoms with Gasteiger partial charge < -0.3 is 4.74 Å². The number of anilines is 1. The average molecular weight is 254 g/mol. The third-order valence-electron chi connectivity index (χ3n) is 3.10. The second kappa shape index (κ2) is 5.06. The van der Waals surface area contributed by atoms with E-state index in [1.165, 1.54) is 0 Å². The molecular weight excluding hydrogens is 240 g/mol. The van der Waals surface area contributed by atoms with Crippen LogP contribution in [-0.2, 0) is 0 Å². The Hall–Kier alpha value is -2.43. The van der Waals surface area contributed by atoms with Crippen LogP contribution in [0.1, 0.15) is 11.6 Å². The fraction of sp³-hybridized carbons (Fsp3) is 0.214. The Bertz CT molecular complexity index is 585. The molecule has 1 aromatic carbocycles. The minimum atomic E-state index is 0.0980. The zero-order chi connectivity index (χ0) is 13.1. The van der Waals surface area contributed by atoms with Gasteiger partial charge in [0.2, 0.25) is 0 Å². The van der Waals surface area contributed by atoms with Crippen molar-refractivity contribution in [3.8, 4) is 5.75 Å². The Morgan fingerprint density at radius 3 is 3.00 bits per heavy atom. The van der Waals surface area contributed by atoms with Crippen molar-refractivity contribution in [2.75, 3.05) is 18.7 Å². The molecule has 0 amide bonds.